The zero-order valence-electron chi connectivity index (χ0n) is 12.3. The van der Waals surface area contributed by atoms with Gasteiger partial charge in [0.25, 0.3) is 0 Å². The molecule has 22 heavy (non-hydrogen) atoms. The van der Waals surface area contributed by atoms with Gasteiger partial charge in [0, 0.05) is 5.56 Å². The van der Waals surface area contributed by atoms with Gasteiger partial charge in [0.15, 0.2) is 0 Å². The van der Waals surface area contributed by atoms with Gasteiger partial charge in [0.1, 0.15) is 23.1 Å². The highest BCUT2D eigenvalue weighted by molar-refractivity contribution is 6.32. The van der Waals surface area contributed by atoms with Crippen LogP contribution in [-0.2, 0) is 4.79 Å². The summed E-state index contributed by atoms with van der Waals surface area (Å²) in [5.74, 6) is 1.02. The zero-order valence-corrected chi connectivity index (χ0v) is 13.0. The molecule has 1 N–H and O–H groups in total. The molecule has 0 saturated carbocycles. The van der Waals surface area contributed by atoms with Crippen LogP contribution in [0.25, 0.3) is 0 Å². The summed E-state index contributed by atoms with van der Waals surface area (Å²) in [5, 5.41) is 12.2. The molecule has 1 aromatic heterocycles. The maximum absolute atomic E-state index is 11.9. The van der Waals surface area contributed by atoms with Crippen LogP contribution in [0.3, 0.4) is 0 Å². The Labute approximate surface area is 133 Å². The second kappa shape index (κ2) is 7.01. The molecule has 1 aromatic carbocycles. The van der Waals surface area contributed by atoms with Crippen LogP contribution in [0.1, 0.15) is 23.3 Å². The van der Waals surface area contributed by atoms with Gasteiger partial charge in [-0.3, -0.25) is 10.1 Å². The average Bonchev–Trinajstić information content (AvgIpc) is 2.75. The van der Waals surface area contributed by atoms with Gasteiger partial charge in [-0.05, 0) is 26.0 Å². The molecule has 0 radical (unpaired) electrons. The van der Waals surface area contributed by atoms with Crippen molar-refractivity contribution < 1.29 is 13.9 Å². The zero-order chi connectivity index (χ0) is 16.1. The number of nitriles is 1. The summed E-state index contributed by atoms with van der Waals surface area (Å²) >= 11 is 5.95. The number of para-hydroxylation sites is 1. The number of carbonyl (C=O) groups is 1. The first-order valence-electron chi connectivity index (χ1n) is 6.70. The van der Waals surface area contributed by atoms with E-state index in [4.69, 9.17) is 26.0 Å². The van der Waals surface area contributed by atoms with Crippen molar-refractivity contribution >= 4 is 23.4 Å². The molecule has 0 atom stereocenters. The molecule has 0 saturated heterocycles. The van der Waals surface area contributed by atoms with Gasteiger partial charge in [-0.2, -0.15) is 5.26 Å². The molecule has 2 aromatic rings. The lowest BCUT2D eigenvalue weighted by Gasteiger charge is -2.07. The minimum atomic E-state index is -0.294. The van der Waals surface area contributed by atoms with Crippen LogP contribution in [0.4, 0.5) is 5.88 Å². The Kier molecular flexibility index (Phi) is 5.08. The summed E-state index contributed by atoms with van der Waals surface area (Å²) in [7, 11) is 0. The molecule has 1 heterocycles. The third kappa shape index (κ3) is 3.60. The quantitative estimate of drug-likeness (QED) is 0.909. The summed E-state index contributed by atoms with van der Waals surface area (Å²) in [6.45, 7) is 3.69. The number of rotatable bonds is 5. The van der Waals surface area contributed by atoms with Crippen LogP contribution in [0, 0.1) is 25.2 Å². The minimum absolute atomic E-state index is 0.120. The van der Waals surface area contributed by atoms with E-state index in [0.29, 0.717) is 22.1 Å². The molecular weight excluding hydrogens is 304 g/mol. The van der Waals surface area contributed by atoms with Gasteiger partial charge in [-0.1, -0.05) is 23.7 Å². The molecule has 0 bridgehead atoms. The summed E-state index contributed by atoms with van der Waals surface area (Å²) < 4.78 is 10.8. The third-order valence-corrected chi connectivity index (χ3v) is 3.49. The number of nitrogens with one attached hydrogen (secondary N) is 1. The van der Waals surface area contributed by atoms with E-state index in [-0.39, 0.29) is 24.8 Å². The fourth-order valence-electron chi connectivity index (χ4n) is 1.85. The van der Waals surface area contributed by atoms with Crippen molar-refractivity contribution in [1.29, 1.82) is 5.26 Å². The number of hydrogen-bond donors (Lipinski definition) is 1. The monoisotopic (exact) mass is 318 g/mol. The first-order valence-corrected chi connectivity index (χ1v) is 7.08. The first-order chi connectivity index (χ1) is 10.5. The van der Waals surface area contributed by atoms with Crippen molar-refractivity contribution in [2.24, 2.45) is 0 Å². The molecule has 0 spiro atoms. The average molecular weight is 319 g/mol. The summed E-state index contributed by atoms with van der Waals surface area (Å²) in [6.07, 6.45) is 0.120. The fraction of sp³-hybridized carbons (Fsp3) is 0.250. The normalized spacial score (nSPS) is 10.1. The van der Waals surface area contributed by atoms with Crippen LogP contribution in [0.5, 0.6) is 5.75 Å². The molecule has 1 amide bonds. The van der Waals surface area contributed by atoms with E-state index in [9.17, 15) is 4.79 Å². The summed E-state index contributed by atoms with van der Waals surface area (Å²) in [5.41, 5.74) is 1.07. The third-order valence-electron chi connectivity index (χ3n) is 3.17. The molecule has 5 nitrogen and oxygen atoms in total. The lowest BCUT2D eigenvalue weighted by molar-refractivity contribution is -0.116. The van der Waals surface area contributed by atoms with E-state index < -0.39 is 0 Å². The Morgan fingerprint density at radius 3 is 2.82 bits per heavy atom. The van der Waals surface area contributed by atoms with Crippen molar-refractivity contribution in [3.05, 3.63) is 46.2 Å². The highest BCUT2D eigenvalue weighted by atomic mass is 35.5. The fourth-order valence-corrected chi connectivity index (χ4v) is 2.04. The molecular formula is C16H15ClN2O3. The van der Waals surface area contributed by atoms with Crippen LogP contribution in [0.15, 0.2) is 28.7 Å². The van der Waals surface area contributed by atoms with Crippen LogP contribution >= 0.6 is 11.6 Å². The van der Waals surface area contributed by atoms with Gasteiger partial charge in [0.05, 0.1) is 18.1 Å². The summed E-state index contributed by atoms with van der Waals surface area (Å²) in [4.78, 5) is 11.9. The van der Waals surface area contributed by atoms with Crippen molar-refractivity contribution in [1.82, 2.24) is 0 Å². The van der Waals surface area contributed by atoms with E-state index in [1.165, 1.54) is 0 Å². The molecule has 0 aliphatic carbocycles. The number of halogens is 1. The highest BCUT2D eigenvalue weighted by Crippen LogP contribution is 2.26. The number of ether oxygens (including phenoxy) is 1. The first kappa shape index (κ1) is 15.9. The molecule has 0 fully saturated rings. The molecule has 0 unspecified atom stereocenters. The standard InChI is InChI=1S/C16H15ClN2O3/c1-10-11(2)22-16(12(10)9-18)19-15(20)7-8-21-14-6-4-3-5-13(14)17/h3-6H,7-8H2,1-2H3,(H,19,20). The topological polar surface area (TPSA) is 75.3 Å². The predicted molar refractivity (Wildman–Crippen MR) is 83.1 cm³/mol. The lowest BCUT2D eigenvalue weighted by Crippen LogP contribution is -2.15. The Morgan fingerprint density at radius 2 is 2.14 bits per heavy atom. The van der Waals surface area contributed by atoms with Crippen LogP contribution in [-0.4, -0.2) is 12.5 Å². The maximum atomic E-state index is 11.9. The number of carbonyl (C=O) groups excluding carboxylic acids is 1. The van der Waals surface area contributed by atoms with E-state index >= 15 is 0 Å². The Hall–Kier alpha value is -2.45. The lowest BCUT2D eigenvalue weighted by atomic mass is 10.2. The van der Waals surface area contributed by atoms with Crippen molar-refractivity contribution in [2.45, 2.75) is 20.3 Å². The van der Waals surface area contributed by atoms with E-state index in [0.717, 1.165) is 5.56 Å². The van der Waals surface area contributed by atoms with Crippen molar-refractivity contribution in [3.8, 4) is 11.8 Å². The van der Waals surface area contributed by atoms with Crippen LogP contribution < -0.4 is 10.1 Å². The van der Waals surface area contributed by atoms with Gasteiger partial charge < -0.3 is 9.15 Å². The molecule has 0 aliphatic heterocycles. The smallest absolute Gasteiger partial charge is 0.230 e. The molecule has 0 aliphatic rings. The second-order valence-electron chi connectivity index (χ2n) is 4.68. The molecule has 6 heteroatoms. The number of benzene rings is 1. The maximum Gasteiger partial charge on any atom is 0.230 e. The Morgan fingerprint density at radius 1 is 1.41 bits per heavy atom. The van der Waals surface area contributed by atoms with E-state index in [1.54, 1.807) is 38.1 Å². The number of nitrogens with zero attached hydrogens (tertiary/aromatic N) is 1. The Bertz CT molecular complexity index is 731. The Balaban J connectivity index is 1.90. The number of amides is 1. The van der Waals surface area contributed by atoms with Gasteiger partial charge in [-0.15, -0.1) is 0 Å². The van der Waals surface area contributed by atoms with Gasteiger partial charge >= 0.3 is 0 Å². The SMILES string of the molecule is Cc1oc(NC(=O)CCOc2ccccc2Cl)c(C#N)c1C. The second-order valence-corrected chi connectivity index (χ2v) is 5.08. The van der Waals surface area contributed by atoms with Crippen LogP contribution in [0.2, 0.25) is 5.02 Å². The van der Waals surface area contributed by atoms with Gasteiger partial charge in [0.2, 0.25) is 11.8 Å². The minimum Gasteiger partial charge on any atom is -0.491 e. The van der Waals surface area contributed by atoms with Crippen molar-refractivity contribution in [2.75, 3.05) is 11.9 Å². The molecule has 114 valence electrons. The van der Waals surface area contributed by atoms with Crippen molar-refractivity contribution in [3.63, 3.8) is 0 Å². The van der Waals surface area contributed by atoms with E-state index in [1.807, 2.05) is 6.07 Å². The van der Waals surface area contributed by atoms with Gasteiger partial charge in [-0.25, -0.2) is 0 Å². The largest absolute Gasteiger partial charge is 0.491 e. The number of anilines is 1. The summed E-state index contributed by atoms with van der Waals surface area (Å²) in [6, 6.07) is 9.06. The predicted octanol–water partition coefficient (Wildman–Crippen LogP) is 3.83. The number of aryl methyl sites for hydroxylation is 1. The highest BCUT2D eigenvalue weighted by Gasteiger charge is 2.16. The number of hydrogen-bond acceptors (Lipinski definition) is 4. The molecule has 2 rings (SSSR count). The van der Waals surface area contributed by atoms with E-state index in [2.05, 4.69) is 5.32 Å². The number of furan rings is 1.